The zero-order chi connectivity index (χ0) is 14.8. The van der Waals surface area contributed by atoms with Gasteiger partial charge in [-0.3, -0.25) is 0 Å². The zero-order valence-electron chi connectivity index (χ0n) is 12.5. The molecule has 0 unspecified atom stereocenters. The molecule has 0 aliphatic heterocycles. The van der Waals surface area contributed by atoms with Gasteiger partial charge >= 0.3 is 0 Å². The Morgan fingerprint density at radius 2 is 1.95 bits per heavy atom. The van der Waals surface area contributed by atoms with E-state index in [4.69, 9.17) is 11.6 Å². The largest absolute Gasteiger partial charge is 0.390 e. The molecule has 1 aromatic heterocycles. The smallest absolute Gasteiger partial charge is 0.148 e. The fourth-order valence-electron chi connectivity index (χ4n) is 2.89. The lowest BCUT2D eigenvalue weighted by Crippen LogP contribution is -2.37. The highest BCUT2D eigenvalue weighted by molar-refractivity contribution is 6.33. The van der Waals surface area contributed by atoms with E-state index < -0.39 is 5.60 Å². The fraction of sp³-hybridized carbons (Fsp3) is 0.733. The third-order valence-corrected chi connectivity index (χ3v) is 4.66. The quantitative estimate of drug-likeness (QED) is 0.894. The topological polar surface area (TPSA) is 58.0 Å². The first-order valence-electron chi connectivity index (χ1n) is 7.40. The molecule has 2 rings (SSSR count). The number of halogens is 1. The molecule has 0 bridgehead atoms. The molecule has 1 fully saturated rings. The molecule has 1 aliphatic carbocycles. The van der Waals surface area contributed by atoms with Crippen molar-refractivity contribution in [1.82, 2.24) is 9.97 Å². The van der Waals surface area contributed by atoms with Crippen LogP contribution in [0.4, 0.5) is 5.82 Å². The van der Waals surface area contributed by atoms with Crippen molar-refractivity contribution < 1.29 is 5.11 Å². The Morgan fingerprint density at radius 3 is 2.50 bits per heavy atom. The number of nitrogens with zero attached hydrogens (tertiary/aromatic N) is 2. The molecule has 1 saturated carbocycles. The number of hydrogen-bond donors (Lipinski definition) is 2. The summed E-state index contributed by atoms with van der Waals surface area (Å²) in [7, 11) is 0. The van der Waals surface area contributed by atoms with E-state index in [1.807, 2.05) is 20.8 Å². The number of hydrogen-bond acceptors (Lipinski definition) is 4. The number of aryl methyl sites for hydroxylation is 1. The van der Waals surface area contributed by atoms with E-state index in [2.05, 4.69) is 15.3 Å². The highest BCUT2D eigenvalue weighted by atomic mass is 35.5. The van der Waals surface area contributed by atoms with Gasteiger partial charge in [-0.15, -0.1) is 0 Å². The summed E-state index contributed by atoms with van der Waals surface area (Å²) in [6.07, 6.45) is 6.51. The number of nitrogens with one attached hydrogen (secondary N) is 1. The number of aromatic nitrogens is 2. The minimum atomic E-state index is -0.576. The second kappa shape index (κ2) is 6.27. The molecule has 2 N–H and O–H groups in total. The Bertz CT molecular complexity index is 451. The molecule has 4 nitrogen and oxygen atoms in total. The SMILES string of the molecule is CCc1ncnc(NC2CCC(C(C)(C)O)CC2)c1Cl. The van der Waals surface area contributed by atoms with Crippen molar-refractivity contribution in [3.63, 3.8) is 0 Å². The lowest BCUT2D eigenvalue weighted by Gasteiger charge is -2.36. The molecular formula is C15H24ClN3O. The van der Waals surface area contributed by atoms with Crippen molar-refractivity contribution in [3.8, 4) is 0 Å². The molecule has 1 aromatic rings. The van der Waals surface area contributed by atoms with Gasteiger partial charge in [-0.2, -0.15) is 0 Å². The summed E-state index contributed by atoms with van der Waals surface area (Å²) in [6, 6.07) is 0.380. The maximum absolute atomic E-state index is 10.1. The van der Waals surface area contributed by atoms with Gasteiger partial charge < -0.3 is 10.4 Å². The van der Waals surface area contributed by atoms with Crippen LogP contribution in [0.15, 0.2) is 6.33 Å². The van der Waals surface area contributed by atoms with Crippen LogP contribution in [0.1, 0.15) is 52.1 Å². The Morgan fingerprint density at radius 1 is 1.30 bits per heavy atom. The van der Waals surface area contributed by atoms with Crippen LogP contribution in [0, 0.1) is 5.92 Å². The van der Waals surface area contributed by atoms with Gasteiger partial charge in [0, 0.05) is 6.04 Å². The fourth-order valence-corrected chi connectivity index (χ4v) is 3.18. The summed E-state index contributed by atoms with van der Waals surface area (Å²) < 4.78 is 0. The minimum absolute atomic E-state index is 0.380. The van der Waals surface area contributed by atoms with Crippen molar-refractivity contribution in [1.29, 1.82) is 0 Å². The van der Waals surface area contributed by atoms with Crippen LogP contribution in [0.2, 0.25) is 5.02 Å². The summed E-state index contributed by atoms with van der Waals surface area (Å²) in [6.45, 7) is 5.84. The van der Waals surface area contributed by atoms with Gasteiger partial charge in [0.25, 0.3) is 0 Å². The Kier molecular flexibility index (Phi) is 4.86. The normalized spacial score (nSPS) is 23.6. The van der Waals surface area contributed by atoms with E-state index in [0.29, 0.717) is 17.0 Å². The van der Waals surface area contributed by atoms with Gasteiger partial charge in [-0.25, -0.2) is 9.97 Å². The second-order valence-corrected chi connectivity index (χ2v) is 6.56. The van der Waals surface area contributed by atoms with Gasteiger partial charge in [0.15, 0.2) is 0 Å². The van der Waals surface area contributed by atoms with Crippen molar-refractivity contribution in [2.24, 2.45) is 5.92 Å². The minimum Gasteiger partial charge on any atom is -0.390 e. The van der Waals surface area contributed by atoms with Crippen molar-refractivity contribution in [2.75, 3.05) is 5.32 Å². The molecule has 0 saturated heterocycles. The van der Waals surface area contributed by atoms with Crippen LogP contribution in [0.3, 0.4) is 0 Å². The Labute approximate surface area is 126 Å². The molecule has 112 valence electrons. The maximum atomic E-state index is 10.1. The molecule has 5 heteroatoms. The lowest BCUT2D eigenvalue weighted by molar-refractivity contribution is -0.000401. The van der Waals surface area contributed by atoms with Crippen LogP contribution in [0.25, 0.3) is 0 Å². The van der Waals surface area contributed by atoms with Gasteiger partial charge in [-0.1, -0.05) is 18.5 Å². The summed E-state index contributed by atoms with van der Waals surface area (Å²) in [4.78, 5) is 8.42. The summed E-state index contributed by atoms with van der Waals surface area (Å²) in [5.41, 5.74) is 0.307. The van der Waals surface area contributed by atoms with Crippen LogP contribution in [0.5, 0.6) is 0 Å². The predicted molar refractivity (Wildman–Crippen MR) is 82.1 cm³/mol. The van der Waals surface area contributed by atoms with E-state index in [0.717, 1.165) is 43.6 Å². The number of anilines is 1. The second-order valence-electron chi connectivity index (χ2n) is 6.18. The van der Waals surface area contributed by atoms with E-state index in [-0.39, 0.29) is 0 Å². The van der Waals surface area contributed by atoms with Gasteiger partial charge in [0.2, 0.25) is 0 Å². The highest BCUT2D eigenvalue weighted by Gasteiger charge is 2.31. The van der Waals surface area contributed by atoms with Crippen molar-refractivity contribution >= 4 is 17.4 Å². The number of aliphatic hydroxyl groups is 1. The first kappa shape index (κ1) is 15.5. The van der Waals surface area contributed by atoms with E-state index in [1.165, 1.54) is 0 Å². The molecule has 20 heavy (non-hydrogen) atoms. The standard InChI is InChI=1S/C15H24ClN3O/c1-4-12-13(16)14(18-9-17-12)19-11-7-5-10(6-8-11)15(2,3)20/h9-11,20H,4-8H2,1-3H3,(H,17,18,19). The van der Waals surface area contributed by atoms with E-state index in [9.17, 15) is 5.11 Å². The van der Waals surface area contributed by atoms with Gasteiger partial charge in [0.05, 0.1) is 11.3 Å². The third kappa shape index (κ3) is 3.61. The highest BCUT2D eigenvalue weighted by Crippen LogP contribution is 2.34. The van der Waals surface area contributed by atoms with Gasteiger partial charge in [0.1, 0.15) is 17.2 Å². The molecular weight excluding hydrogens is 274 g/mol. The van der Waals surface area contributed by atoms with Crippen LogP contribution in [-0.2, 0) is 6.42 Å². The molecule has 0 radical (unpaired) electrons. The maximum Gasteiger partial charge on any atom is 0.148 e. The van der Waals surface area contributed by atoms with E-state index >= 15 is 0 Å². The monoisotopic (exact) mass is 297 g/mol. The van der Waals surface area contributed by atoms with Crippen molar-refractivity contribution in [2.45, 2.75) is 64.5 Å². The predicted octanol–water partition coefficient (Wildman–Crippen LogP) is 3.43. The van der Waals surface area contributed by atoms with Crippen molar-refractivity contribution in [3.05, 3.63) is 17.0 Å². The van der Waals surface area contributed by atoms with Gasteiger partial charge in [-0.05, 0) is 51.9 Å². The molecule has 0 amide bonds. The van der Waals surface area contributed by atoms with Crippen LogP contribution < -0.4 is 5.32 Å². The molecule has 0 atom stereocenters. The molecule has 1 heterocycles. The summed E-state index contributed by atoms with van der Waals surface area (Å²) in [5.74, 6) is 1.12. The van der Waals surface area contributed by atoms with Crippen LogP contribution in [-0.4, -0.2) is 26.7 Å². The zero-order valence-corrected chi connectivity index (χ0v) is 13.2. The molecule has 0 spiro atoms. The number of rotatable bonds is 4. The Hall–Kier alpha value is -0.870. The average Bonchev–Trinajstić information content (AvgIpc) is 2.41. The van der Waals surface area contributed by atoms with E-state index in [1.54, 1.807) is 6.33 Å². The first-order chi connectivity index (χ1) is 9.41. The molecule has 0 aromatic carbocycles. The van der Waals surface area contributed by atoms with Crippen LogP contribution >= 0.6 is 11.6 Å². The summed E-state index contributed by atoms with van der Waals surface area (Å²) in [5, 5.41) is 14.1. The first-order valence-corrected chi connectivity index (χ1v) is 7.78. The Balaban J connectivity index is 1.96. The average molecular weight is 298 g/mol. The molecule has 1 aliphatic rings. The summed E-state index contributed by atoms with van der Waals surface area (Å²) >= 11 is 6.30. The third-order valence-electron chi connectivity index (χ3n) is 4.26. The lowest BCUT2D eigenvalue weighted by atomic mass is 9.77.